The summed E-state index contributed by atoms with van der Waals surface area (Å²) in [6, 6.07) is 1.29. The summed E-state index contributed by atoms with van der Waals surface area (Å²) in [5.74, 6) is 0. The van der Waals surface area contributed by atoms with E-state index < -0.39 is 41.4 Å². The zero-order valence-electron chi connectivity index (χ0n) is 8.36. The Balaban J connectivity index is 0.00000256. The van der Waals surface area contributed by atoms with Crippen molar-refractivity contribution in [3.8, 4) is 0 Å². The Morgan fingerprint density at radius 2 is 1.12 bits per heavy atom. The molecule has 0 heterocycles. The fourth-order valence-corrected chi connectivity index (χ4v) is 2.36. The molecule has 0 atom stereocenters. The molecule has 0 spiro atoms. The minimum Gasteiger partial charge on any atom is -0.398 e. The predicted octanol–water partition coefficient (Wildman–Crippen LogP) is -0.494. The molecule has 0 aromatic heterocycles. The Hall–Kier alpha value is -1.40. The molecule has 0 radical (unpaired) electrons. The molecule has 9 N–H and O–H groups in total. The van der Waals surface area contributed by atoms with Gasteiger partial charge in [-0.15, -0.1) is 0 Å². The summed E-state index contributed by atoms with van der Waals surface area (Å²) in [6.45, 7) is 0. The molecule has 0 saturated carbocycles. The van der Waals surface area contributed by atoms with E-state index in [4.69, 9.17) is 20.6 Å². The van der Waals surface area contributed by atoms with Crippen LogP contribution in [0.4, 0.5) is 11.4 Å². The van der Waals surface area contributed by atoms with E-state index in [0.29, 0.717) is 6.07 Å². The van der Waals surface area contributed by atoms with Gasteiger partial charge in [0.1, 0.15) is 9.79 Å². The van der Waals surface area contributed by atoms with E-state index in [0.717, 1.165) is 6.07 Å². The third-order valence-electron chi connectivity index (χ3n) is 1.70. The Bertz CT molecular complexity index is 583. The number of hydrogen-bond donors (Lipinski definition) is 5. The van der Waals surface area contributed by atoms with Crippen molar-refractivity contribution in [3.63, 3.8) is 0 Å². The van der Waals surface area contributed by atoms with E-state index in [-0.39, 0.29) is 6.15 Å². The van der Waals surface area contributed by atoms with Crippen LogP contribution < -0.4 is 17.6 Å². The first-order valence-electron chi connectivity index (χ1n) is 3.67. The second-order valence-electron chi connectivity index (χ2n) is 2.88. The van der Waals surface area contributed by atoms with Crippen LogP contribution in [-0.2, 0) is 20.2 Å². The molecule has 98 valence electrons. The quantitative estimate of drug-likeness (QED) is 0.351. The van der Waals surface area contributed by atoms with Crippen LogP contribution in [0.3, 0.4) is 0 Å². The minimum atomic E-state index is -4.69. The molecule has 1 rings (SSSR count). The van der Waals surface area contributed by atoms with Gasteiger partial charge < -0.3 is 17.6 Å². The average Bonchev–Trinajstić information content (AvgIpc) is 1.97. The van der Waals surface area contributed by atoms with Crippen LogP contribution in [0, 0.1) is 0 Å². The zero-order chi connectivity index (χ0) is 12.7. The lowest BCUT2D eigenvalue weighted by atomic mass is 10.3. The maximum atomic E-state index is 10.8. The molecule has 17 heavy (non-hydrogen) atoms. The summed E-state index contributed by atoms with van der Waals surface area (Å²) in [4.78, 5) is -1.68. The molecular formula is C6H11N3O6S2. The number of nitrogens with two attached hydrogens (primary N) is 2. The summed E-state index contributed by atoms with van der Waals surface area (Å²) in [6.07, 6.45) is 0. The van der Waals surface area contributed by atoms with Crippen LogP contribution >= 0.6 is 0 Å². The number of anilines is 2. The van der Waals surface area contributed by atoms with E-state index in [1.165, 1.54) is 0 Å². The highest BCUT2D eigenvalue weighted by Gasteiger charge is 2.22. The number of benzene rings is 1. The third kappa shape index (κ3) is 3.28. The first-order valence-corrected chi connectivity index (χ1v) is 6.55. The van der Waals surface area contributed by atoms with Crippen molar-refractivity contribution in [2.45, 2.75) is 9.79 Å². The fraction of sp³-hybridized carbons (Fsp3) is 0. The number of nitrogen functional groups attached to an aromatic ring is 2. The summed E-state index contributed by atoms with van der Waals surface area (Å²) in [5, 5.41) is 0. The summed E-state index contributed by atoms with van der Waals surface area (Å²) >= 11 is 0. The summed E-state index contributed by atoms with van der Waals surface area (Å²) < 4.78 is 60.7. The van der Waals surface area contributed by atoms with Gasteiger partial charge in [0, 0.05) is 0 Å². The summed E-state index contributed by atoms with van der Waals surface area (Å²) in [5.41, 5.74) is 9.60. The first-order chi connectivity index (χ1) is 7.03. The Morgan fingerprint density at radius 1 is 0.824 bits per heavy atom. The van der Waals surface area contributed by atoms with Gasteiger partial charge in [-0.25, -0.2) is 0 Å². The lowest BCUT2D eigenvalue weighted by Gasteiger charge is -2.07. The molecular weight excluding hydrogens is 274 g/mol. The standard InChI is InChI=1S/C6H8N2O6S2.H3N/c7-3-1-4(8)6(16(12,13)14)2-5(3)15(9,10)11;/h1-2H,7-8H2,(H,9,10,11)(H,12,13,14);1H3. The second kappa shape index (κ2) is 4.46. The third-order valence-corrected chi connectivity index (χ3v) is 3.52. The molecule has 0 fully saturated rings. The van der Waals surface area contributed by atoms with Crippen molar-refractivity contribution in [2.75, 3.05) is 11.5 Å². The van der Waals surface area contributed by atoms with Crippen LogP contribution in [0.5, 0.6) is 0 Å². The summed E-state index contributed by atoms with van der Waals surface area (Å²) in [7, 11) is -9.38. The van der Waals surface area contributed by atoms with Gasteiger partial charge in [0.25, 0.3) is 20.2 Å². The van der Waals surface area contributed by atoms with Gasteiger partial charge in [-0.05, 0) is 12.1 Å². The maximum absolute atomic E-state index is 10.8. The van der Waals surface area contributed by atoms with E-state index in [9.17, 15) is 16.8 Å². The number of rotatable bonds is 2. The van der Waals surface area contributed by atoms with Crippen molar-refractivity contribution in [1.29, 1.82) is 0 Å². The Labute approximate surface area is 97.5 Å². The van der Waals surface area contributed by atoms with Crippen molar-refractivity contribution in [3.05, 3.63) is 12.1 Å². The molecule has 0 aliphatic rings. The van der Waals surface area contributed by atoms with Crippen molar-refractivity contribution in [2.24, 2.45) is 0 Å². The molecule has 0 saturated heterocycles. The molecule has 0 bridgehead atoms. The van der Waals surface area contributed by atoms with Crippen LogP contribution in [0.25, 0.3) is 0 Å². The largest absolute Gasteiger partial charge is 0.398 e. The molecule has 0 aliphatic carbocycles. The molecule has 1 aromatic carbocycles. The van der Waals surface area contributed by atoms with E-state index in [2.05, 4.69) is 0 Å². The second-order valence-corrected chi connectivity index (χ2v) is 5.66. The van der Waals surface area contributed by atoms with Crippen LogP contribution in [0.1, 0.15) is 0 Å². The average molecular weight is 285 g/mol. The molecule has 0 unspecified atom stereocenters. The van der Waals surface area contributed by atoms with Crippen molar-refractivity contribution < 1.29 is 25.9 Å². The molecule has 0 amide bonds. The van der Waals surface area contributed by atoms with Crippen LogP contribution in [-0.4, -0.2) is 25.9 Å². The maximum Gasteiger partial charge on any atom is 0.296 e. The van der Waals surface area contributed by atoms with E-state index in [1.807, 2.05) is 0 Å². The van der Waals surface area contributed by atoms with Crippen LogP contribution in [0.15, 0.2) is 21.9 Å². The van der Waals surface area contributed by atoms with E-state index >= 15 is 0 Å². The molecule has 1 aromatic rings. The number of hydrogen-bond acceptors (Lipinski definition) is 7. The minimum absolute atomic E-state index is 0. The lowest BCUT2D eigenvalue weighted by Crippen LogP contribution is -2.09. The van der Waals surface area contributed by atoms with Gasteiger partial charge in [0.05, 0.1) is 11.4 Å². The smallest absolute Gasteiger partial charge is 0.296 e. The highest BCUT2D eigenvalue weighted by Crippen LogP contribution is 2.27. The predicted molar refractivity (Wildman–Crippen MR) is 59.9 cm³/mol. The Kier molecular flexibility index (Phi) is 4.09. The fourth-order valence-electron chi connectivity index (χ4n) is 1.04. The van der Waals surface area contributed by atoms with Gasteiger partial charge in [0.2, 0.25) is 0 Å². The zero-order valence-corrected chi connectivity index (χ0v) is 9.99. The van der Waals surface area contributed by atoms with Gasteiger partial charge in [-0.3, -0.25) is 9.11 Å². The normalized spacial score (nSPS) is 11.9. The lowest BCUT2D eigenvalue weighted by molar-refractivity contribution is 0.482. The van der Waals surface area contributed by atoms with Crippen molar-refractivity contribution >= 4 is 31.6 Å². The monoisotopic (exact) mass is 285 g/mol. The van der Waals surface area contributed by atoms with Gasteiger partial charge >= 0.3 is 0 Å². The highest BCUT2D eigenvalue weighted by atomic mass is 32.2. The first kappa shape index (κ1) is 15.6. The van der Waals surface area contributed by atoms with Gasteiger partial charge in [0.15, 0.2) is 0 Å². The van der Waals surface area contributed by atoms with Crippen LogP contribution in [0.2, 0.25) is 0 Å². The Morgan fingerprint density at radius 3 is 1.35 bits per heavy atom. The van der Waals surface area contributed by atoms with Gasteiger partial charge in [-0.1, -0.05) is 0 Å². The topological polar surface area (TPSA) is 196 Å². The molecule has 11 heteroatoms. The van der Waals surface area contributed by atoms with Gasteiger partial charge in [-0.2, -0.15) is 16.8 Å². The van der Waals surface area contributed by atoms with E-state index in [1.54, 1.807) is 0 Å². The molecule has 0 aliphatic heterocycles. The van der Waals surface area contributed by atoms with Crippen molar-refractivity contribution in [1.82, 2.24) is 6.15 Å². The highest BCUT2D eigenvalue weighted by molar-refractivity contribution is 7.86. The molecule has 9 nitrogen and oxygen atoms in total. The SMILES string of the molecule is N.Nc1cc(N)c(S(=O)(=O)O)cc1S(=O)(=O)O.